The maximum Gasteiger partial charge on any atom is 0.316 e. The van der Waals surface area contributed by atoms with E-state index in [4.69, 9.17) is 4.18 Å². The molecule has 0 aliphatic rings. The van der Waals surface area contributed by atoms with E-state index >= 15 is 0 Å². The van der Waals surface area contributed by atoms with Crippen molar-refractivity contribution >= 4 is 27.7 Å². The van der Waals surface area contributed by atoms with Crippen molar-refractivity contribution in [2.45, 2.75) is 6.92 Å². The van der Waals surface area contributed by atoms with Crippen LogP contribution in [0.5, 0.6) is 5.75 Å². The maximum absolute atomic E-state index is 12.0. The molecule has 1 N–H and O–H groups in total. The molecule has 0 bridgehead atoms. The fourth-order valence-electron chi connectivity index (χ4n) is 2.05. The number of hydrogen-bond acceptors (Lipinski definition) is 2. The number of aryl methyl sites for hydroxylation is 1. The van der Waals surface area contributed by atoms with Crippen LogP contribution in [-0.2, 0) is 11.3 Å². The average Bonchev–Trinajstić information content (AvgIpc) is 2.49. The lowest BCUT2D eigenvalue weighted by Gasteiger charge is -2.08. The minimum absolute atomic E-state index is 0.576. The van der Waals surface area contributed by atoms with Gasteiger partial charge in [0, 0.05) is 0 Å². The van der Waals surface area contributed by atoms with Gasteiger partial charge in [-0.05, 0) is 42.0 Å². The molecule has 0 radical (unpaired) electrons. The monoisotopic (exact) mass is 297 g/mol. The third-order valence-corrected chi connectivity index (χ3v) is 3.89. The van der Waals surface area contributed by atoms with Gasteiger partial charge in [0.05, 0.1) is 5.69 Å². The Bertz CT molecular complexity index is 784. The van der Waals surface area contributed by atoms with Crippen LogP contribution in [0.2, 0.25) is 0 Å². The molecule has 0 saturated heterocycles. The summed E-state index contributed by atoms with van der Waals surface area (Å²) in [5.41, 5.74) is 1.90. The Hall–Kier alpha value is -2.33. The van der Waals surface area contributed by atoms with Gasteiger partial charge >= 0.3 is 11.3 Å². The summed E-state index contributed by atoms with van der Waals surface area (Å²) in [5.74, 6) is 0.576. The Morgan fingerprint density at radius 2 is 1.62 bits per heavy atom. The quantitative estimate of drug-likeness (QED) is 0.783. The Morgan fingerprint density at radius 1 is 0.905 bits per heavy atom. The summed E-state index contributed by atoms with van der Waals surface area (Å²) in [6, 6.07) is 21.3. The molecule has 3 aromatic carbocycles. The Labute approximate surface area is 126 Å². The molecule has 0 saturated carbocycles. The molecule has 0 amide bonds. The first kappa shape index (κ1) is 13.6. The molecule has 3 rings (SSSR count). The highest BCUT2D eigenvalue weighted by Crippen LogP contribution is 2.20. The van der Waals surface area contributed by atoms with Gasteiger partial charge in [-0.25, -0.2) is 0 Å². The molecule has 0 aromatic heterocycles. The predicted molar refractivity (Wildman–Crippen MR) is 87.5 cm³/mol. The van der Waals surface area contributed by atoms with Crippen LogP contribution in [0.3, 0.4) is 0 Å². The van der Waals surface area contributed by atoms with Gasteiger partial charge < -0.3 is 4.18 Å². The third kappa shape index (κ3) is 3.41. The van der Waals surface area contributed by atoms with Crippen LogP contribution in [0.1, 0.15) is 5.56 Å². The fraction of sp³-hybridized carbons (Fsp3) is 0.0588. The van der Waals surface area contributed by atoms with E-state index in [0.717, 1.165) is 22.0 Å². The second-order valence-electron chi connectivity index (χ2n) is 4.80. The minimum atomic E-state index is -1.62. The van der Waals surface area contributed by atoms with Crippen molar-refractivity contribution in [1.82, 2.24) is 0 Å². The first-order chi connectivity index (χ1) is 10.2. The molecular formula is C17H15NO2S. The van der Waals surface area contributed by atoms with Crippen LogP contribution < -0.4 is 8.91 Å². The molecule has 0 aliphatic carbocycles. The number of rotatable bonds is 4. The molecule has 21 heavy (non-hydrogen) atoms. The van der Waals surface area contributed by atoms with Crippen molar-refractivity contribution in [3.8, 4) is 5.75 Å². The van der Waals surface area contributed by atoms with E-state index in [0.29, 0.717) is 5.75 Å². The maximum atomic E-state index is 12.0. The predicted octanol–water partition coefficient (Wildman–Crippen LogP) is 4.22. The van der Waals surface area contributed by atoms with Crippen LogP contribution in [0.15, 0.2) is 66.7 Å². The molecule has 106 valence electrons. The zero-order chi connectivity index (χ0) is 14.7. The second-order valence-corrected chi connectivity index (χ2v) is 5.64. The lowest BCUT2D eigenvalue weighted by atomic mass is 10.1. The summed E-state index contributed by atoms with van der Waals surface area (Å²) in [5, 5.41) is 2.24. The zero-order valence-corrected chi connectivity index (χ0v) is 12.4. The van der Waals surface area contributed by atoms with Gasteiger partial charge in [0.1, 0.15) is 5.75 Å². The average molecular weight is 297 g/mol. The first-order valence-electron chi connectivity index (χ1n) is 6.63. The summed E-state index contributed by atoms with van der Waals surface area (Å²) in [4.78, 5) is 0. The zero-order valence-electron chi connectivity index (χ0n) is 11.6. The van der Waals surface area contributed by atoms with Crippen LogP contribution in [0.25, 0.3) is 10.8 Å². The summed E-state index contributed by atoms with van der Waals surface area (Å²) in [7, 11) is 0. The van der Waals surface area contributed by atoms with E-state index < -0.39 is 11.3 Å². The van der Waals surface area contributed by atoms with E-state index in [9.17, 15) is 4.21 Å². The van der Waals surface area contributed by atoms with E-state index in [1.807, 2.05) is 61.5 Å². The van der Waals surface area contributed by atoms with E-state index in [1.54, 1.807) is 12.1 Å². The third-order valence-electron chi connectivity index (χ3n) is 3.14. The van der Waals surface area contributed by atoms with Gasteiger partial charge in [0.2, 0.25) is 0 Å². The van der Waals surface area contributed by atoms with Crippen molar-refractivity contribution in [1.29, 1.82) is 0 Å². The van der Waals surface area contributed by atoms with Gasteiger partial charge in [-0.2, -0.15) is 4.21 Å². The van der Waals surface area contributed by atoms with Crippen molar-refractivity contribution < 1.29 is 8.39 Å². The second kappa shape index (κ2) is 5.97. The molecule has 3 nitrogen and oxygen atoms in total. The molecule has 4 heteroatoms. The minimum Gasteiger partial charge on any atom is -0.385 e. The molecule has 3 aromatic rings. The number of hydrogen-bond donors (Lipinski definition) is 1. The summed E-state index contributed by atoms with van der Waals surface area (Å²) < 4.78 is 20.2. The van der Waals surface area contributed by atoms with E-state index in [2.05, 4.69) is 4.72 Å². The number of benzene rings is 3. The van der Waals surface area contributed by atoms with Crippen molar-refractivity contribution in [3.63, 3.8) is 0 Å². The smallest absolute Gasteiger partial charge is 0.316 e. The van der Waals surface area contributed by atoms with Crippen LogP contribution >= 0.6 is 0 Å². The summed E-state index contributed by atoms with van der Waals surface area (Å²) in [6.07, 6.45) is 0. The van der Waals surface area contributed by atoms with E-state index in [1.165, 1.54) is 0 Å². The first-order valence-corrected chi connectivity index (χ1v) is 7.70. The fourth-order valence-corrected chi connectivity index (χ4v) is 2.70. The molecule has 0 fully saturated rings. The molecule has 0 aliphatic heterocycles. The van der Waals surface area contributed by atoms with Crippen LogP contribution in [-0.4, -0.2) is 4.21 Å². The van der Waals surface area contributed by atoms with Gasteiger partial charge in [-0.15, -0.1) is 0 Å². The van der Waals surface area contributed by atoms with Gasteiger partial charge in [-0.1, -0.05) is 48.0 Å². The lowest BCUT2D eigenvalue weighted by molar-refractivity contribution is 0.567. The van der Waals surface area contributed by atoms with Gasteiger partial charge in [0.25, 0.3) is 0 Å². The van der Waals surface area contributed by atoms with Crippen molar-refractivity contribution in [3.05, 3.63) is 72.3 Å². The van der Waals surface area contributed by atoms with Crippen LogP contribution in [0.4, 0.5) is 5.69 Å². The van der Waals surface area contributed by atoms with Crippen LogP contribution in [0, 0.1) is 6.92 Å². The molecule has 0 heterocycles. The number of anilines is 1. The standard InChI is InChI=1S/C17H15NO2S/c1-13-6-10-17(11-7-13)20-21(19)18-16-9-8-14-4-2-3-5-15(14)12-16/h2-12,18H,1H3. The summed E-state index contributed by atoms with van der Waals surface area (Å²) in [6.45, 7) is 1.99. The van der Waals surface area contributed by atoms with Gasteiger partial charge in [-0.3, -0.25) is 4.72 Å². The van der Waals surface area contributed by atoms with Crippen molar-refractivity contribution in [2.75, 3.05) is 4.72 Å². The molecule has 1 unspecified atom stereocenters. The normalized spacial score (nSPS) is 12.0. The Balaban J connectivity index is 1.72. The lowest BCUT2D eigenvalue weighted by Crippen LogP contribution is -2.10. The highest BCUT2D eigenvalue weighted by molar-refractivity contribution is 7.81. The van der Waals surface area contributed by atoms with Crippen molar-refractivity contribution in [2.24, 2.45) is 0 Å². The SMILES string of the molecule is Cc1ccc(OS(=O)Nc2ccc3ccccc3c2)cc1. The van der Waals surface area contributed by atoms with E-state index in [-0.39, 0.29) is 0 Å². The Morgan fingerprint density at radius 3 is 2.38 bits per heavy atom. The highest BCUT2D eigenvalue weighted by atomic mass is 32.2. The van der Waals surface area contributed by atoms with Gasteiger partial charge in [0.15, 0.2) is 0 Å². The highest BCUT2D eigenvalue weighted by Gasteiger charge is 2.04. The molecular weight excluding hydrogens is 282 g/mol. The Kier molecular flexibility index (Phi) is 3.88. The number of nitrogens with one attached hydrogen (secondary N) is 1. The summed E-state index contributed by atoms with van der Waals surface area (Å²) >= 11 is -1.62. The molecule has 1 atom stereocenters. The topological polar surface area (TPSA) is 38.3 Å². The largest absolute Gasteiger partial charge is 0.385 e. The number of fused-ring (bicyclic) bond motifs is 1. The molecule has 0 spiro atoms.